The van der Waals surface area contributed by atoms with Crippen molar-refractivity contribution < 1.29 is 14.3 Å². The average molecular weight is 423 g/mol. The fraction of sp³-hybridized carbons (Fsp3) is 0.250. The zero-order valence-electron chi connectivity index (χ0n) is 17.2. The van der Waals surface area contributed by atoms with Crippen LogP contribution in [0.25, 0.3) is 10.8 Å². The van der Waals surface area contributed by atoms with Crippen molar-refractivity contribution in [2.45, 2.75) is 17.9 Å². The van der Waals surface area contributed by atoms with Crippen LogP contribution in [0.1, 0.15) is 28.9 Å². The van der Waals surface area contributed by atoms with E-state index in [1.54, 1.807) is 13.2 Å². The number of carbonyl (C=O) groups is 2. The lowest BCUT2D eigenvalue weighted by molar-refractivity contribution is -0.118. The van der Waals surface area contributed by atoms with Crippen molar-refractivity contribution in [3.63, 3.8) is 0 Å². The van der Waals surface area contributed by atoms with Crippen LogP contribution in [-0.4, -0.2) is 37.8 Å². The summed E-state index contributed by atoms with van der Waals surface area (Å²) >= 11 is 1.35. The van der Waals surface area contributed by atoms with Crippen LogP contribution in [-0.2, 0) is 9.53 Å². The van der Waals surface area contributed by atoms with Gasteiger partial charge >= 0.3 is 0 Å². The van der Waals surface area contributed by atoms with Crippen molar-refractivity contribution in [1.82, 2.24) is 10.6 Å². The Hall–Kier alpha value is -2.83. The highest BCUT2D eigenvalue weighted by Gasteiger charge is 2.17. The molecule has 156 valence electrons. The van der Waals surface area contributed by atoms with Gasteiger partial charge in [0.2, 0.25) is 5.91 Å². The smallest absolute Gasteiger partial charge is 0.252 e. The third-order valence-electron chi connectivity index (χ3n) is 4.76. The molecule has 1 atom stereocenters. The first-order chi connectivity index (χ1) is 14.6. The summed E-state index contributed by atoms with van der Waals surface area (Å²) in [5, 5.41) is 8.17. The second-order valence-corrected chi connectivity index (χ2v) is 7.91. The van der Waals surface area contributed by atoms with Crippen LogP contribution in [0.5, 0.6) is 0 Å². The van der Waals surface area contributed by atoms with Crippen LogP contribution in [0.4, 0.5) is 0 Å². The second-order valence-electron chi connectivity index (χ2n) is 6.89. The standard InChI is InChI=1S/C24H26N2O3S/c1-17(19-12-7-9-18-8-3-4-10-20(18)19)26-24(28)21-11-5-6-13-22(21)30-16-23(27)25-14-15-29-2/h3-13,17H,14-16H2,1-2H3,(H,25,27)(H,26,28). The number of amides is 2. The molecule has 0 heterocycles. The third-order valence-corrected chi connectivity index (χ3v) is 5.83. The molecule has 6 heteroatoms. The van der Waals surface area contributed by atoms with Gasteiger partial charge < -0.3 is 15.4 Å². The number of hydrogen-bond donors (Lipinski definition) is 2. The monoisotopic (exact) mass is 422 g/mol. The Morgan fingerprint density at radius 3 is 2.57 bits per heavy atom. The minimum atomic E-state index is -0.154. The van der Waals surface area contributed by atoms with Crippen LogP contribution < -0.4 is 10.6 Å². The minimum absolute atomic E-state index is 0.0867. The highest BCUT2D eigenvalue weighted by molar-refractivity contribution is 8.00. The molecule has 0 spiro atoms. The highest BCUT2D eigenvalue weighted by Crippen LogP contribution is 2.26. The summed E-state index contributed by atoms with van der Waals surface area (Å²) in [7, 11) is 1.59. The van der Waals surface area contributed by atoms with Crippen molar-refractivity contribution in [2.24, 2.45) is 0 Å². The van der Waals surface area contributed by atoms with Crippen LogP contribution in [0.2, 0.25) is 0 Å². The van der Waals surface area contributed by atoms with Gasteiger partial charge in [-0.2, -0.15) is 0 Å². The molecule has 3 aromatic rings. The number of fused-ring (bicyclic) bond motifs is 1. The molecule has 5 nitrogen and oxygen atoms in total. The number of thioether (sulfide) groups is 1. The van der Waals surface area contributed by atoms with E-state index in [0.29, 0.717) is 18.7 Å². The van der Waals surface area contributed by atoms with Gasteiger partial charge in [0.1, 0.15) is 0 Å². The summed E-state index contributed by atoms with van der Waals surface area (Å²) in [6, 6.07) is 21.5. The fourth-order valence-corrected chi connectivity index (χ4v) is 4.13. The number of rotatable bonds is 9. The highest BCUT2D eigenvalue weighted by atomic mass is 32.2. The molecule has 2 N–H and O–H groups in total. The van der Waals surface area contributed by atoms with Crippen molar-refractivity contribution in [3.05, 3.63) is 77.9 Å². The average Bonchev–Trinajstić information content (AvgIpc) is 2.77. The predicted molar refractivity (Wildman–Crippen MR) is 122 cm³/mol. The van der Waals surface area contributed by atoms with Gasteiger partial charge in [-0.05, 0) is 35.4 Å². The zero-order chi connectivity index (χ0) is 21.3. The van der Waals surface area contributed by atoms with E-state index in [-0.39, 0.29) is 23.6 Å². The normalized spacial score (nSPS) is 11.8. The Morgan fingerprint density at radius 2 is 1.73 bits per heavy atom. The van der Waals surface area contributed by atoms with Gasteiger partial charge in [-0.3, -0.25) is 9.59 Å². The molecule has 0 aliphatic carbocycles. The maximum atomic E-state index is 13.0. The lowest BCUT2D eigenvalue weighted by Gasteiger charge is -2.18. The summed E-state index contributed by atoms with van der Waals surface area (Å²) in [5.41, 5.74) is 1.64. The molecule has 30 heavy (non-hydrogen) atoms. The first-order valence-electron chi connectivity index (χ1n) is 9.86. The molecule has 0 saturated carbocycles. The molecule has 3 rings (SSSR count). The third kappa shape index (κ3) is 5.62. The Labute approximate surface area is 181 Å². The number of benzene rings is 3. The van der Waals surface area contributed by atoms with Crippen molar-refractivity contribution in [3.8, 4) is 0 Å². The van der Waals surface area contributed by atoms with Gasteiger partial charge in [0.25, 0.3) is 5.91 Å². The SMILES string of the molecule is COCCNC(=O)CSc1ccccc1C(=O)NC(C)c1cccc2ccccc12. The maximum Gasteiger partial charge on any atom is 0.252 e. The Balaban J connectivity index is 1.69. The van der Waals surface area contributed by atoms with Crippen LogP contribution >= 0.6 is 11.8 Å². The summed E-state index contributed by atoms with van der Waals surface area (Å²) in [6.07, 6.45) is 0. The van der Waals surface area contributed by atoms with E-state index >= 15 is 0 Å². The number of ether oxygens (including phenoxy) is 1. The molecule has 0 fully saturated rings. The molecule has 1 unspecified atom stereocenters. The molecule has 0 aliphatic heterocycles. The molecule has 0 bridgehead atoms. The second kappa shape index (κ2) is 10.8. The molecule has 2 amide bonds. The van der Waals surface area contributed by atoms with Gasteiger partial charge in [-0.15, -0.1) is 11.8 Å². The van der Waals surface area contributed by atoms with Crippen molar-refractivity contribution in [1.29, 1.82) is 0 Å². The molecule has 0 saturated heterocycles. The number of hydrogen-bond acceptors (Lipinski definition) is 4. The predicted octanol–water partition coefficient (Wildman–Crippen LogP) is 4.19. The lowest BCUT2D eigenvalue weighted by atomic mass is 9.99. The molecule has 0 aliphatic rings. The van der Waals surface area contributed by atoms with Crippen molar-refractivity contribution >= 4 is 34.3 Å². The first kappa shape index (κ1) is 21.9. The summed E-state index contributed by atoms with van der Waals surface area (Å²) in [5.74, 6) is 0.00193. The van der Waals surface area contributed by atoms with Crippen LogP contribution in [0.15, 0.2) is 71.6 Å². The number of methoxy groups -OCH3 is 1. The molecular weight excluding hydrogens is 396 g/mol. The maximum absolute atomic E-state index is 13.0. The van der Waals surface area contributed by atoms with E-state index in [0.717, 1.165) is 21.2 Å². The minimum Gasteiger partial charge on any atom is -0.383 e. The van der Waals surface area contributed by atoms with Gasteiger partial charge in [-0.25, -0.2) is 0 Å². The van der Waals surface area contributed by atoms with Crippen LogP contribution in [0.3, 0.4) is 0 Å². The Kier molecular flexibility index (Phi) is 7.88. The largest absolute Gasteiger partial charge is 0.383 e. The summed E-state index contributed by atoms with van der Waals surface area (Å²) in [6.45, 7) is 2.93. The quantitative estimate of drug-likeness (QED) is 0.401. The van der Waals surface area contributed by atoms with E-state index < -0.39 is 0 Å². The lowest BCUT2D eigenvalue weighted by Crippen LogP contribution is -2.29. The summed E-state index contributed by atoms with van der Waals surface area (Å²) in [4.78, 5) is 25.8. The van der Waals surface area contributed by atoms with E-state index in [9.17, 15) is 9.59 Å². The van der Waals surface area contributed by atoms with Gasteiger partial charge in [0.15, 0.2) is 0 Å². The molecule has 0 radical (unpaired) electrons. The Bertz CT molecular complexity index is 1020. The first-order valence-corrected chi connectivity index (χ1v) is 10.8. The van der Waals surface area contributed by atoms with E-state index in [1.165, 1.54) is 11.8 Å². The van der Waals surface area contributed by atoms with Gasteiger partial charge in [0.05, 0.1) is 24.0 Å². The van der Waals surface area contributed by atoms with E-state index in [2.05, 4.69) is 28.8 Å². The fourth-order valence-electron chi connectivity index (χ4n) is 3.25. The topological polar surface area (TPSA) is 67.4 Å². The van der Waals surface area contributed by atoms with Gasteiger partial charge in [0, 0.05) is 18.6 Å². The zero-order valence-corrected chi connectivity index (χ0v) is 18.0. The van der Waals surface area contributed by atoms with Gasteiger partial charge in [-0.1, -0.05) is 54.6 Å². The van der Waals surface area contributed by atoms with E-state index in [1.807, 2.05) is 49.4 Å². The Morgan fingerprint density at radius 1 is 1.00 bits per heavy atom. The summed E-state index contributed by atoms with van der Waals surface area (Å²) < 4.78 is 4.93. The number of carbonyl (C=O) groups excluding carboxylic acids is 2. The van der Waals surface area contributed by atoms with Crippen LogP contribution in [0, 0.1) is 0 Å². The molecule has 0 aromatic heterocycles. The van der Waals surface area contributed by atoms with E-state index in [4.69, 9.17) is 4.74 Å². The molecular formula is C24H26N2O3S. The molecule has 3 aromatic carbocycles. The van der Waals surface area contributed by atoms with Crippen molar-refractivity contribution in [2.75, 3.05) is 26.0 Å². The number of nitrogens with one attached hydrogen (secondary N) is 2.